The van der Waals surface area contributed by atoms with Crippen LogP contribution >= 0.6 is 11.6 Å². The summed E-state index contributed by atoms with van der Waals surface area (Å²) in [6.07, 6.45) is 1.67. The molecular weight excluding hydrogens is 420 g/mol. The Hall–Kier alpha value is -2.92. The van der Waals surface area contributed by atoms with Crippen LogP contribution in [0.2, 0.25) is 5.02 Å². The summed E-state index contributed by atoms with van der Waals surface area (Å²) in [5, 5.41) is 0.582. The highest BCUT2D eigenvalue weighted by molar-refractivity contribution is 6.30. The van der Waals surface area contributed by atoms with Crippen LogP contribution in [0.3, 0.4) is 0 Å². The second kappa shape index (κ2) is 9.70. The van der Waals surface area contributed by atoms with Gasteiger partial charge < -0.3 is 9.80 Å². The molecule has 32 heavy (non-hydrogen) atoms. The molecule has 0 atom stereocenters. The minimum absolute atomic E-state index is 0.0279. The molecule has 1 saturated heterocycles. The monoisotopic (exact) mass is 448 g/mol. The first-order chi connectivity index (χ1) is 15.4. The Morgan fingerprint density at radius 2 is 1.72 bits per heavy atom. The van der Waals surface area contributed by atoms with Gasteiger partial charge in [-0.05, 0) is 44.0 Å². The quantitative estimate of drug-likeness (QED) is 0.559. The van der Waals surface area contributed by atoms with Crippen molar-refractivity contribution in [1.82, 2.24) is 14.9 Å². The molecule has 1 aliphatic rings. The molecule has 3 aromatic rings. The van der Waals surface area contributed by atoms with Gasteiger partial charge in [-0.1, -0.05) is 54.4 Å². The normalized spacial score (nSPS) is 14.0. The highest BCUT2D eigenvalue weighted by Gasteiger charge is 2.26. The summed E-state index contributed by atoms with van der Waals surface area (Å²) in [4.78, 5) is 26.7. The number of carbonyl (C=O) groups excluding carboxylic acids is 1. The minimum atomic E-state index is 0.0279. The fourth-order valence-electron chi connectivity index (χ4n) is 4.21. The maximum atomic E-state index is 12.9. The number of hydrogen-bond acceptors (Lipinski definition) is 4. The van der Waals surface area contributed by atoms with Crippen LogP contribution in [0.5, 0.6) is 0 Å². The zero-order valence-corrected chi connectivity index (χ0v) is 19.7. The Balaban J connectivity index is 1.55. The van der Waals surface area contributed by atoms with E-state index in [4.69, 9.17) is 21.6 Å². The maximum absolute atomic E-state index is 12.9. The molecule has 0 N–H and O–H groups in total. The van der Waals surface area contributed by atoms with E-state index in [0.717, 1.165) is 43.3 Å². The SMILES string of the molecule is CCc1nc(C)nc(N2CCN(C(=O)c3cccc(Cl)c3)CC2)c1Cc1ccc(C)cc1. The molecule has 6 heteroatoms. The Morgan fingerprint density at radius 1 is 1.00 bits per heavy atom. The average Bonchev–Trinajstić information content (AvgIpc) is 2.81. The van der Waals surface area contributed by atoms with Gasteiger partial charge in [0.1, 0.15) is 11.6 Å². The molecule has 0 spiro atoms. The van der Waals surface area contributed by atoms with Crippen molar-refractivity contribution in [3.05, 3.63) is 87.3 Å². The van der Waals surface area contributed by atoms with Crippen molar-refractivity contribution in [1.29, 1.82) is 0 Å². The number of aryl methyl sites for hydroxylation is 3. The van der Waals surface area contributed by atoms with Crippen LogP contribution in [0.1, 0.15) is 45.5 Å². The highest BCUT2D eigenvalue weighted by atomic mass is 35.5. The van der Waals surface area contributed by atoms with Gasteiger partial charge in [0.15, 0.2) is 0 Å². The summed E-state index contributed by atoms with van der Waals surface area (Å²) in [6, 6.07) is 15.8. The molecular formula is C26H29ClN4O. The molecule has 1 aromatic heterocycles. The predicted octanol–water partition coefficient (Wildman–Crippen LogP) is 4.86. The number of aromatic nitrogens is 2. The van der Waals surface area contributed by atoms with Gasteiger partial charge in [-0.2, -0.15) is 0 Å². The third-order valence-corrected chi connectivity index (χ3v) is 6.19. The summed E-state index contributed by atoms with van der Waals surface area (Å²) in [5.74, 6) is 1.83. The fraction of sp³-hybridized carbons (Fsp3) is 0.346. The minimum Gasteiger partial charge on any atom is -0.353 e. The van der Waals surface area contributed by atoms with Crippen LogP contribution in [0.15, 0.2) is 48.5 Å². The molecule has 166 valence electrons. The van der Waals surface area contributed by atoms with Gasteiger partial charge in [-0.25, -0.2) is 9.97 Å². The highest BCUT2D eigenvalue weighted by Crippen LogP contribution is 2.26. The molecule has 4 rings (SSSR count). The Morgan fingerprint density at radius 3 is 2.38 bits per heavy atom. The molecule has 0 aliphatic carbocycles. The number of halogens is 1. The molecule has 0 radical (unpaired) electrons. The van der Waals surface area contributed by atoms with Crippen LogP contribution < -0.4 is 4.90 Å². The number of rotatable bonds is 5. The third-order valence-electron chi connectivity index (χ3n) is 5.96. The Kier molecular flexibility index (Phi) is 6.75. The van der Waals surface area contributed by atoms with Crippen LogP contribution in [0.25, 0.3) is 0 Å². The first-order valence-electron chi connectivity index (χ1n) is 11.2. The number of amides is 1. The van der Waals surface area contributed by atoms with Crippen molar-refractivity contribution in [3.8, 4) is 0 Å². The predicted molar refractivity (Wildman–Crippen MR) is 130 cm³/mol. The number of hydrogen-bond donors (Lipinski definition) is 0. The van der Waals surface area contributed by atoms with E-state index in [2.05, 4.69) is 43.0 Å². The second-order valence-corrected chi connectivity index (χ2v) is 8.76. The van der Waals surface area contributed by atoms with Crippen molar-refractivity contribution in [2.75, 3.05) is 31.1 Å². The first-order valence-corrected chi connectivity index (χ1v) is 11.5. The van der Waals surface area contributed by atoms with Gasteiger partial charge in [-0.3, -0.25) is 4.79 Å². The van der Waals surface area contributed by atoms with Gasteiger partial charge in [0.25, 0.3) is 5.91 Å². The molecule has 2 heterocycles. The lowest BCUT2D eigenvalue weighted by molar-refractivity contribution is 0.0746. The first kappa shape index (κ1) is 22.3. The smallest absolute Gasteiger partial charge is 0.254 e. The molecule has 1 amide bonds. The van der Waals surface area contributed by atoms with Crippen LogP contribution in [-0.2, 0) is 12.8 Å². The number of benzene rings is 2. The number of anilines is 1. The molecule has 1 aliphatic heterocycles. The van der Waals surface area contributed by atoms with E-state index in [9.17, 15) is 4.79 Å². The standard InChI is InChI=1S/C26H29ClN4O/c1-4-24-23(16-20-10-8-18(2)9-11-20)25(29-19(3)28-24)30-12-14-31(15-13-30)26(32)21-6-5-7-22(27)17-21/h5-11,17H,4,12-16H2,1-3H3. The summed E-state index contributed by atoms with van der Waals surface area (Å²) in [6.45, 7) is 8.99. The van der Waals surface area contributed by atoms with Crippen molar-refractivity contribution in [2.24, 2.45) is 0 Å². The molecule has 5 nitrogen and oxygen atoms in total. The van der Waals surface area contributed by atoms with Gasteiger partial charge >= 0.3 is 0 Å². The lowest BCUT2D eigenvalue weighted by Crippen LogP contribution is -2.49. The number of nitrogens with zero attached hydrogens (tertiary/aromatic N) is 4. The maximum Gasteiger partial charge on any atom is 0.254 e. The average molecular weight is 449 g/mol. The second-order valence-electron chi connectivity index (χ2n) is 8.33. The van der Waals surface area contributed by atoms with Crippen molar-refractivity contribution >= 4 is 23.3 Å². The fourth-order valence-corrected chi connectivity index (χ4v) is 4.40. The Bertz CT molecular complexity index is 1110. The van der Waals surface area contributed by atoms with Crippen LogP contribution in [-0.4, -0.2) is 47.0 Å². The largest absolute Gasteiger partial charge is 0.353 e. The van der Waals surface area contributed by atoms with Crippen LogP contribution in [0, 0.1) is 13.8 Å². The van der Waals surface area contributed by atoms with E-state index in [-0.39, 0.29) is 5.91 Å². The molecule has 1 fully saturated rings. The zero-order chi connectivity index (χ0) is 22.7. The summed E-state index contributed by atoms with van der Waals surface area (Å²) < 4.78 is 0. The Labute approximate surface area is 195 Å². The van der Waals surface area contributed by atoms with E-state index < -0.39 is 0 Å². The zero-order valence-electron chi connectivity index (χ0n) is 18.9. The molecule has 0 saturated carbocycles. The summed E-state index contributed by atoms with van der Waals surface area (Å²) in [7, 11) is 0. The van der Waals surface area contributed by atoms with Crippen molar-refractivity contribution in [3.63, 3.8) is 0 Å². The van der Waals surface area contributed by atoms with Crippen molar-refractivity contribution < 1.29 is 4.79 Å². The van der Waals surface area contributed by atoms with E-state index in [1.165, 1.54) is 16.7 Å². The summed E-state index contributed by atoms with van der Waals surface area (Å²) in [5.41, 5.74) is 5.44. The van der Waals surface area contributed by atoms with Gasteiger partial charge in [0.05, 0.1) is 0 Å². The number of piperazine rings is 1. The van der Waals surface area contributed by atoms with E-state index in [1.807, 2.05) is 24.0 Å². The third kappa shape index (κ3) is 4.94. The van der Waals surface area contributed by atoms with Gasteiger partial charge in [0.2, 0.25) is 0 Å². The molecule has 0 bridgehead atoms. The van der Waals surface area contributed by atoms with Crippen molar-refractivity contribution in [2.45, 2.75) is 33.6 Å². The van der Waals surface area contributed by atoms with E-state index in [1.54, 1.807) is 12.1 Å². The van der Waals surface area contributed by atoms with E-state index in [0.29, 0.717) is 23.7 Å². The number of carbonyl (C=O) groups is 1. The molecule has 0 unspecified atom stereocenters. The van der Waals surface area contributed by atoms with Gasteiger partial charge in [0, 0.05) is 54.4 Å². The van der Waals surface area contributed by atoms with Crippen LogP contribution in [0.4, 0.5) is 5.82 Å². The van der Waals surface area contributed by atoms with E-state index >= 15 is 0 Å². The topological polar surface area (TPSA) is 49.3 Å². The lowest BCUT2D eigenvalue weighted by atomic mass is 10.0. The van der Waals surface area contributed by atoms with Gasteiger partial charge in [-0.15, -0.1) is 0 Å². The lowest BCUT2D eigenvalue weighted by Gasteiger charge is -2.36. The molecule has 2 aromatic carbocycles. The summed E-state index contributed by atoms with van der Waals surface area (Å²) >= 11 is 6.07.